The van der Waals surface area contributed by atoms with Gasteiger partial charge in [0.1, 0.15) is 5.75 Å². The van der Waals surface area contributed by atoms with Crippen LogP contribution in [0.5, 0.6) is 5.75 Å². The van der Waals surface area contributed by atoms with Gasteiger partial charge >= 0.3 is 0 Å². The number of nitrogens with one attached hydrogen (secondary N) is 1. The van der Waals surface area contributed by atoms with Crippen LogP contribution in [0.2, 0.25) is 0 Å². The molecule has 1 aromatic rings. The molecular formula is C11H15NO. The van der Waals surface area contributed by atoms with Gasteiger partial charge in [0.2, 0.25) is 0 Å². The van der Waals surface area contributed by atoms with Crippen LogP contribution in [0.25, 0.3) is 0 Å². The first kappa shape index (κ1) is 8.57. The fraction of sp³-hybridized carbons (Fsp3) is 0.455. The molecule has 2 N–H and O–H groups in total. The fourth-order valence-electron chi connectivity index (χ4n) is 1.82. The Morgan fingerprint density at radius 1 is 1.54 bits per heavy atom. The van der Waals surface area contributed by atoms with Gasteiger partial charge in [-0.1, -0.05) is 12.1 Å². The summed E-state index contributed by atoms with van der Waals surface area (Å²) in [4.78, 5) is 0. The van der Waals surface area contributed by atoms with Crippen LogP contribution in [0, 0.1) is 0 Å². The quantitative estimate of drug-likeness (QED) is 0.720. The molecule has 2 heteroatoms. The van der Waals surface area contributed by atoms with E-state index in [4.69, 9.17) is 0 Å². The second-order valence-electron chi connectivity index (χ2n) is 4.08. The summed E-state index contributed by atoms with van der Waals surface area (Å²) in [6.07, 6.45) is 2.23. The van der Waals surface area contributed by atoms with E-state index in [-0.39, 0.29) is 5.54 Å². The topological polar surface area (TPSA) is 32.3 Å². The molecule has 13 heavy (non-hydrogen) atoms. The number of benzene rings is 1. The molecule has 1 aromatic carbocycles. The molecule has 1 heterocycles. The van der Waals surface area contributed by atoms with E-state index >= 15 is 0 Å². The van der Waals surface area contributed by atoms with E-state index in [9.17, 15) is 5.11 Å². The maximum atomic E-state index is 9.28. The largest absolute Gasteiger partial charge is 0.508 e. The molecule has 0 bridgehead atoms. The maximum Gasteiger partial charge on any atom is 0.115 e. The highest BCUT2D eigenvalue weighted by Gasteiger charge is 2.30. The third kappa shape index (κ3) is 1.83. The predicted molar refractivity (Wildman–Crippen MR) is 52.8 cm³/mol. The lowest BCUT2D eigenvalue weighted by Crippen LogP contribution is -2.55. The van der Waals surface area contributed by atoms with Crippen molar-refractivity contribution in [2.75, 3.05) is 6.54 Å². The maximum absolute atomic E-state index is 9.28. The first-order valence-electron chi connectivity index (χ1n) is 4.71. The number of phenolic OH excluding ortho intramolecular Hbond substituents is 1. The van der Waals surface area contributed by atoms with Gasteiger partial charge in [-0.05, 0) is 44.0 Å². The summed E-state index contributed by atoms with van der Waals surface area (Å²) in [5.41, 5.74) is 1.46. The van der Waals surface area contributed by atoms with Gasteiger partial charge in [-0.25, -0.2) is 0 Å². The lowest BCUT2D eigenvalue weighted by molar-refractivity contribution is 0.231. The summed E-state index contributed by atoms with van der Waals surface area (Å²) in [5.74, 6) is 0.362. The van der Waals surface area contributed by atoms with Crippen LogP contribution in [-0.2, 0) is 6.42 Å². The molecule has 0 aromatic heterocycles. The van der Waals surface area contributed by atoms with Crippen molar-refractivity contribution in [3.05, 3.63) is 29.8 Å². The van der Waals surface area contributed by atoms with E-state index in [1.807, 2.05) is 12.1 Å². The Bertz CT molecular complexity index is 305. The zero-order valence-corrected chi connectivity index (χ0v) is 7.88. The smallest absolute Gasteiger partial charge is 0.115 e. The third-order valence-electron chi connectivity index (χ3n) is 2.73. The third-order valence-corrected chi connectivity index (χ3v) is 2.73. The summed E-state index contributed by atoms with van der Waals surface area (Å²) in [5, 5.41) is 12.7. The Labute approximate surface area is 78.6 Å². The molecule has 1 unspecified atom stereocenters. The molecule has 2 nitrogen and oxygen atoms in total. The van der Waals surface area contributed by atoms with Gasteiger partial charge in [-0.3, -0.25) is 0 Å². The van der Waals surface area contributed by atoms with E-state index in [1.54, 1.807) is 6.07 Å². The standard InChI is InChI=1S/C11H15NO/c1-11(5-6-12-11)8-9-3-2-4-10(13)7-9/h2-4,7,12-13H,5-6,8H2,1H3. The summed E-state index contributed by atoms with van der Waals surface area (Å²) < 4.78 is 0. The van der Waals surface area contributed by atoms with Crippen molar-refractivity contribution in [3.8, 4) is 5.75 Å². The Morgan fingerprint density at radius 3 is 2.85 bits per heavy atom. The average molecular weight is 177 g/mol. The van der Waals surface area contributed by atoms with Crippen LogP contribution in [0.3, 0.4) is 0 Å². The molecule has 1 fully saturated rings. The first-order chi connectivity index (χ1) is 6.18. The average Bonchev–Trinajstić information content (AvgIpc) is 2.01. The molecule has 0 aliphatic carbocycles. The monoisotopic (exact) mass is 177 g/mol. The van der Waals surface area contributed by atoms with Crippen LogP contribution < -0.4 is 5.32 Å². The van der Waals surface area contributed by atoms with Crippen molar-refractivity contribution in [3.63, 3.8) is 0 Å². The molecule has 1 aliphatic heterocycles. The molecule has 1 aliphatic rings. The summed E-state index contributed by atoms with van der Waals surface area (Å²) in [7, 11) is 0. The minimum Gasteiger partial charge on any atom is -0.508 e. The van der Waals surface area contributed by atoms with E-state index in [0.29, 0.717) is 5.75 Å². The number of rotatable bonds is 2. The SMILES string of the molecule is CC1(Cc2cccc(O)c2)CCN1. The van der Waals surface area contributed by atoms with E-state index < -0.39 is 0 Å². The molecular weight excluding hydrogens is 162 g/mol. The van der Waals surface area contributed by atoms with Crippen LogP contribution in [0.1, 0.15) is 18.9 Å². The second-order valence-corrected chi connectivity index (χ2v) is 4.08. The van der Waals surface area contributed by atoms with Gasteiger partial charge < -0.3 is 10.4 Å². The number of phenols is 1. The van der Waals surface area contributed by atoms with Crippen molar-refractivity contribution >= 4 is 0 Å². The summed E-state index contributed by atoms with van der Waals surface area (Å²) in [6.45, 7) is 3.34. The van der Waals surface area contributed by atoms with Crippen molar-refractivity contribution < 1.29 is 5.11 Å². The van der Waals surface area contributed by atoms with Gasteiger partial charge in [0.05, 0.1) is 0 Å². The molecule has 0 radical (unpaired) electrons. The molecule has 1 atom stereocenters. The lowest BCUT2D eigenvalue weighted by Gasteiger charge is -2.40. The Hall–Kier alpha value is -1.02. The van der Waals surface area contributed by atoms with Gasteiger partial charge in [0, 0.05) is 5.54 Å². The Kier molecular flexibility index (Phi) is 2.00. The van der Waals surface area contributed by atoms with Crippen LogP contribution >= 0.6 is 0 Å². The molecule has 0 amide bonds. The van der Waals surface area contributed by atoms with Crippen molar-refractivity contribution in [1.82, 2.24) is 5.32 Å². The summed E-state index contributed by atoms with van der Waals surface area (Å²) in [6, 6.07) is 7.50. The van der Waals surface area contributed by atoms with Gasteiger partial charge in [-0.2, -0.15) is 0 Å². The number of aromatic hydroxyl groups is 1. The minimum atomic E-state index is 0.258. The highest BCUT2D eigenvalue weighted by molar-refractivity contribution is 5.28. The molecule has 2 rings (SSSR count). The zero-order chi connectivity index (χ0) is 9.31. The van der Waals surface area contributed by atoms with Crippen LogP contribution in [-0.4, -0.2) is 17.2 Å². The van der Waals surface area contributed by atoms with E-state index in [2.05, 4.69) is 18.3 Å². The van der Waals surface area contributed by atoms with Gasteiger partial charge in [-0.15, -0.1) is 0 Å². The van der Waals surface area contributed by atoms with E-state index in [0.717, 1.165) is 13.0 Å². The summed E-state index contributed by atoms with van der Waals surface area (Å²) >= 11 is 0. The molecule has 1 saturated heterocycles. The van der Waals surface area contributed by atoms with Crippen LogP contribution in [0.4, 0.5) is 0 Å². The normalized spacial score (nSPS) is 26.8. The van der Waals surface area contributed by atoms with Gasteiger partial charge in [0.25, 0.3) is 0 Å². The lowest BCUT2D eigenvalue weighted by atomic mass is 9.84. The van der Waals surface area contributed by atoms with Gasteiger partial charge in [0.15, 0.2) is 0 Å². The van der Waals surface area contributed by atoms with E-state index in [1.165, 1.54) is 12.0 Å². The minimum absolute atomic E-state index is 0.258. The number of hydrogen-bond acceptors (Lipinski definition) is 2. The van der Waals surface area contributed by atoms with Crippen LogP contribution in [0.15, 0.2) is 24.3 Å². The van der Waals surface area contributed by atoms with Crippen molar-refractivity contribution in [2.24, 2.45) is 0 Å². The Morgan fingerprint density at radius 2 is 2.31 bits per heavy atom. The highest BCUT2D eigenvalue weighted by atomic mass is 16.3. The highest BCUT2D eigenvalue weighted by Crippen LogP contribution is 2.24. The Balaban J connectivity index is 2.09. The second kappa shape index (κ2) is 3.04. The molecule has 0 spiro atoms. The molecule has 0 saturated carbocycles. The first-order valence-corrected chi connectivity index (χ1v) is 4.71. The van der Waals surface area contributed by atoms with Crippen molar-refractivity contribution in [1.29, 1.82) is 0 Å². The predicted octanol–water partition coefficient (Wildman–Crippen LogP) is 1.69. The van der Waals surface area contributed by atoms with Crippen molar-refractivity contribution in [2.45, 2.75) is 25.3 Å². The zero-order valence-electron chi connectivity index (χ0n) is 7.88. The fourth-order valence-corrected chi connectivity index (χ4v) is 1.82. The molecule has 70 valence electrons. The number of hydrogen-bond donors (Lipinski definition) is 2.